The third-order valence-corrected chi connectivity index (χ3v) is 8.34. The number of benzene rings is 2. The molecule has 0 fully saturated rings. The molecule has 0 bridgehead atoms. The Hall–Kier alpha value is -2.06. The van der Waals surface area contributed by atoms with Gasteiger partial charge in [0.05, 0.1) is 7.11 Å². The molecule has 0 heterocycles. The Morgan fingerprint density at radius 1 is 0.909 bits per heavy atom. The maximum absolute atomic E-state index is 5.29. The van der Waals surface area contributed by atoms with E-state index >= 15 is 0 Å². The van der Waals surface area contributed by atoms with Crippen LogP contribution >= 0.6 is 0 Å². The Kier molecular flexibility index (Phi) is 4.03. The van der Waals surface area contributed by atoms with Crippen LogP contribution in [-0.2, 0) is 0 Å². The van der Waals surface area contributed by atoms with Crippen LogP contribution in [0.15, 0.2) is 71.9 Å². The van der Waals surface area contributed by atoms with Crippen LogP contribution in [0.3, 0.4) is 0 Å². The quantitative estimate of drug-likeness (QED) is 0.752. The number of ether oxygens (including phenoxy) is 1. The van der Waals surface area contributed by atoms with Crippen molar-refractivity contribution in [3.63, 3.8) is 0 Å². The molecule has 0 aromatic heterocycles. The highest BCUT2D eigenvalue weighted by Gasteiger charge is 2.31. The molecular weight excluding hydrogens is 284 g/mol. The predicted molar refractivity (Wildman–Crippen MR) is 97.2 cm³/mol. The van der Waals surface area contributed by atoms with E-state index in [-0.39, 0.29) is 0 Å². The first-order valence-electron chi connectivity index (χ1n) is 7.73. The van der Waals surface area contributed by atoms with Gasteiger partial charge in [-0.1, -0.05) is 78.1 Å². The normalized spacial score (nSPS) is 14.5. The molecule has 0 amide bonds. The van der Waals surface area contributed by atoms with Crippen LogP contribution in [0, 0.1) is 0 Å². The summed E-state index contributed by atoms with van der Waals surface area (Å²) < 4.78 is 5.29. The molecule has 112 valence electrons. The van der Waals surface area contributed by atoms with Gasteiger partial charge in [-0.05, 0) is 29.7 Å². The van der Waals surface area contributed by atoms with Crippen LogP contribution in [0.4, 0.5) is 0 Å². The zero-order chi connectivity index (χ0) is 15.6. The smallest absolute Gasteiger partial charge is 0.118 e. The Labute approximate surface area is 134 Å². The Morgan fingerprint density at radius 3 is 2.23 bits per heavy atom. The fourth-order valence-corrected chi connectivity index (χ4v) is 6.04. The summed E-state index contributed by atoms with van der Waals surface area (Å²) in [6.45, 7) is 4.89. The van der Waals surface area contributed by atoms with Gasteiger partial charge < -0.3 is 4.74 Å². The van der Waals surface area contributed by atoms with Crippen molar-refractivity contribution >= 4 is 18.8 Å². The van der Waals surface area contributed by atoms with Gasteiger partial charge in [0.2, 0.25) is 0 Å². The van der Waals surface area contributed by atoms with Crippen molar-refractivity contribution in [2.24, 2.45) is 0 Å². The monoisotopic (exact) mass is 306 g/mol. The molecule has 0 saturated heterocycles. The lowest BCUT2D eigenvalue weighted by molar-refractivity contribution is 0.415. The van der Waals surface area contributed by atoms with Gasteiger partial charge in [0.25, 0.3) is 0 Å². The van der Waals surface area contributed by atoms with Crippen LogP contribution in [-0.4, -0.2) is 15.2 Å². The number of rotatable bonds is 4. The second-order valence-corrected chi connectivity index (χ2v) is 10.6. The standard InChI is InChI=1S/C20H22OSi/c1-21-17-12-14-18(15-13-17)22(2,3)20-11-7-10-19(20)16-8-5-4-6-9-16/h4-10,12-15H,11H2,1-3H3. The van der Waals surface area contributed by atoms with E-state index in [0.29, 0.717) is 0 Å². The Morgan fingerprint density at radius 2 is 1.59 bits per heavy atom. The number of methoxy groups -OCH3 is 1. The SMILES string of the molecule is COc1ccc([Si](C)(C)C2=C(c3ccccc3)C=CC2)cc1. The van der Waals surface area contributed by atoms with Crippen LogP contribution in [0.5, 0.6) is 5.75 Å². The van der Waals surface area contributed by atoms with Gasteiger partial charge in [-0.3, -0.25) is 0 Å². The zero-order valence-corrected chi connectivity index (χ0v) is 14.5. The molecule has 0 unspecified atom stereocenters. The van der Waals surface area contributed by atoms with E-state index in [0.717, 1.165) is 12.2 Å². The summed E-state index contributed by atoms with van der Waals surface area (Å²) in [5.41, 5.74) is 2.76. The molecule has 0 aliphatic heterocycles. The summed E-state index contributed by atoms with van der Waals surface area (Å²) in [7, 11) is 0.0504. The lowest BCUT2D eigenvalue weighted by Crippen LogP contribution is -2.43. The van der Waals surface area contributed by atoms with Crippen molar-refractivity contribution in [2.45, 2.75) is 19.5 Å². The van der Waals surface area contributed by atoms with Crippen LogP contribution < -0.4 is 9.92 Å². The maximum Gasteiger partial charge on any atom is 0.118 e. The van der Waals surface area contributed by atoms with Gasteiger partial charge in [-0.25, -0.2) is 0 Å². The van der Waals surface area contributed by atoms with Gasteiger partial charge in [0, 0.05) is 0 Å². The number of allylic oxidation sites excluding steroid dienone is 4. The molecule has 0 spiro atoms. The zero-order valence-electron chi connectivity index (χ0n) is 13.5. The molecule has 0 saturated carbocycles. The summed E-state index contributed by atoms with van der Waals surface area (Å²) in [6, 6.07) is 19.4. The molecule has 0 atom stereocenters. The number of hydrogen-bond acceptors (Lipinski definition) is 1. The van der Waals surface area contributed by atoms with Crippen LogP contribution in [0.1, 0.15) is 12.0 Å². The van der Waals surface area contributed by atoms with Crippen molar-refractivity contribution in [3.8, 4) is 5.75 Å². The highest BCUT2D eigenvalue weighted by Crippen LogP contribution is 2.34. The Balaban J connectivity index is 2.03. The van der Waals surface area contributed by atoms with Crippen molar-refractivity contribution in [1.29, 1.82) is 0 Å². The second kappa shape index (κ2) is 5.97. The van der Waals surface area contributed by atoms with Gasteiger partial charge in [0.15, 0.2) is 0 Å². The minimum atomic E-state index is -1.67. The number of hydrogen-bond donors (Lipinski definition) is 0. The van der Waals surface area contributed by atoms with Crippen molar-refractivity contribution in [1.82, 2.24) is 0 Å². The first kappa shape index (κ1) is 14.9. The third-order valence-electron chi connectivity index (χ3n) is 4.58. The molecule has 2 aromatic rings. The lowest BCUT2D eigenvalue weighted by Gasteiger charge is -2.27. The first-order valence-corrected chi connectivity index (χ1v) is 10.7. The first-order chi connectivity index (χ1) is 10.6. The minimum absolute atomic E-state index is 0.926. The van der Waals surface area contributed by atoms with Crippen molar-refractivity contribution < 1.29 is 4.74 Å². The largest absolute Gasteiger partial charge is 0.497 e. The second-order valence-electron chi connectivity index (χ2n) is 6.22. The molecule has 2 aromatic carbocycles. The summed E-state index contributed by atoms with van der Waals surface area (Å²) in [4.78, 5) is 0. The van der Waals surface area contributed by atoms with Gasteiger partial charge in [0.1, 0.15) is 13.8 Å². The Bertz CT molecular complexity index is 709. The molecule has 3 rings (SSSR count). The average Bonchev–Trinajstić information content (AvgIpc) is 3.06. The molecule has 1 aliphatic carbocycles. The van der Waals surface area contributed by atoms with E-state index in [1.807, 2.05) is 0 Å². The topological polar surface area (TPSA) is 9.23 Å². The lowest BCUT2D eigenvalue weighted by atomic mass is 10.1. The summed E-state index contributed by atoms with van der Waals surface area (Å²) in [5.74, 6) is 0.926. The average molecular weight is 306 g/mol. The van der Waals surface area contributed by atoms with Gasteiger partial charge >= 0.3 is 0 Å². The predicted octanol–water partition coefficient (Wildman–Crippen LogP) is 4.56. The third kappa shape index (κ3) is 2.67. The van der Waals surface area contributed by atoms with Gasteiger partial charge in [-0.2, -0.15) is 0 Å². The van der Waals surface area contributed by atoms with E-state index in [9.17, 15) is 0 Å². The fraction of sp³-hybridized carbons (Fsp3) is 0.200. The highest BCUT2D eigenvalue weighted by atomic mass is 28.3. The molecule has 1 nitrogen and oxygen atoms in total. The van der Waals surface area contributed by atoms with Crippen molar-refractivity contribution in [2.75, 3.05) is 7.11 Å². The minimum Gasteiger partial charge on any atom is -0.497 e. The summed E-state index contributed by atoms with van der Waals surface area (Å²) in [5, 5.41) is 3.07. The molecule has 0 radical (unpaired) electrons. The fourth-order valence-electron chi connectivity index (χ4n) is 3.17. The summed E-state index contributed by atoms with van der Waals surface area (Å²) in [6.07, 6.45) is 5.67. The van der Waals surface area contributed by atoms with E-state index < -0.39 is 8.07 Å². The van der Waals surface area contributed by atoms with Crippen LogP contribution in [0.25, 0.3) is 5.57 Å². The highest BCUT2D eigenvalue weighted by molar-refractivity contribution is 6.96. The van der Waals surface area contributed by atoms with E-state index in [1.54, 1.807) is 12.3 Å². The maximum atomic E-state index is 5.29. The van der Waals surface area contributed by atoms with E-state index in [2.05, 4.69) is 79.8 Å². The summed E-state index contributed by atoms with van der Waals surface area (Å²) >= 11 is 0. The van der Waals surface area contributed by atoms with Crippen LogP contribution in [0.2, 0.25) is 13.1 Å². The van der Waals surface area contributed by atoms with E-state index in [4.69, 9.17) is 4.74 Å². The molecular formula is C20H22OSi. The molecule has 2 heteroatoms. The van der Waals surface area contributed by atoms with E-state index in [1.165, 1.54) is 16.3 Å². The van der Waals surface area contributed by atoms with Crippen molar-refractivity contribution in [3.05, 3.63) is 77.5 Å². The molecule has 1 aliphatic rings. The molecule has 0 N–H and O–H groups in total. The molecule has 22 heavy (non-hydrogen) atoms. The van der Waals surface area contributed by atoms with Gasteiger partial charge in [-0.15, -0.1) is 0 Å².